The predicted octanol–water partition coefficient (Wildman–Crippen LogP) is 12.8. The smallest absolute Gasteiger partial charge is 0.0581 e. The third kappa shape index (κ3) is 3.47. The lowest BCUT2D eigenvalue weighted by atomic mass is 9.70. The van der Waals surface area contributed by atoms with Gasteiger partial charge in [0.05, 0.1) is 22.7 Å². The van der Waals surface area contributed by atoms with Crippen LogP contribution in [0.4, 0.5) is 34.1 Å². The van der Waals surface area contributed by atoms with Gasteiger partial charge >= 0.3 is 0 Å². The van der Waals surface area contributed by atoms with Crippen LogP contribution in [0.2, 0.25) is 0 Å². The fraction of sp³-hybridized carbons (Fsp3) is 0.130. The molecule has 0 atom stereocenters. The van der Waals surface area contributed by atoms with Crippen molar-refractivity contribution in [2.75, 3.05) is 9.80 Å². The summed E-state index contributed by atoms with van der Waals surface area (Å²) in [5.41, 5.74) is 12.5. The molecule has 0 unspecified atom stereocenters. The molecule has 2 aliphatic heterocycles. The highest BCUT2D eigenvalue weighted by Gasteiger charge is 2.41. The fourth-order valence-electron chi connectivity index (χ4n) is 8.97. The number of benzene rings is 8. The van der Waals surface area contributed by atoms with Crippen LogP contribution in [0.3, 0.4) is 0 Å². The Labute approximate surface area is 281 Å². The van der Waals surface area contributed by atoms with Crippen LogP contribution < -0.4 is 9.80 Å². The van der Waals surface area contributed by atoms with Gasteiger partial charge in [0.2, 0.25) is 0 Å². The summed E-state index contributed by atoms with van der Waals surface area (Å²) >= 11 is 0. The summed E-state index contributed by atoms with van der Waals surface area (Å²) in [7, 11) is 0. The van der Waals surface area contributed by atoms with Gasteiger partial charge in [-0.15, -0.1) is 0 Å². The highest BCUT2D eigenvalue weighted by molar-refractivity contribution is 6.29. The number of hydrogen-bond acceptors (Lipinski definition) is 2. The van der Waals surface area contributed by atoms with E-state index in [4.69, 9.17) is 0 Å². The molecule has 2 heteroatoms. The molecule has 8 aromatic rings. The van der Waals surface area contributed by atoms with Gasteiger partial charge in [0.15, 0.2) is 0 Å². The molecular weight excluding hydrogens is 581 g/mol. The Balaban J connectivity index is 1.35. The van der Waals surface area contributed by atoms with Crippen molar-refractivity contribution in [3.8, 4) is 0 Å². The lowest BCUT2D eigenvalue weighted by Crippen LogP contribution is -2.31. The molecule has 2 heterocycles. The van der Waals surface area contributed by atoms with Crippen LogP contribution in [0.15, 0.2) is 146 Å². The van der Waals surface area contributed by atoms with Crippen molar-refractivity contribution in [2.45, 2.75) is 38.5 Å². The number of anilines is 6. The molecular formula is C46H36N2. The molecule has 230 valence electrons. The largest absolute Gasteiger partial charge is 0.309 e. The lowest BCUT2D eigenvalue weighted by molar-refractivity contribution is 0.633. The monoisotopic (exact) mass is 616 g/mol. The SMILES string of the molecule is CC1(C)c2ccccc2N(c2ccccc2)c2c1cc1ccc3c4c(cc5ccc2c1c53)C(C)(C)c1ccccc1N4c1ccccc1. The van der Waals surface area contributed by atoms with E-state index in [1.54, 1.807) is 0 Å². The van der Waals surface area contributed by atoms with E-state index in [1.165, 1.54) is 88.7 Å². The Morgan fingerprint density at radius 2 is 0.750 bits per heavy atom. The average molecular weight is 617 g/mol. The summed E-state index contributed by atoms with van der Waals surface area (Å²) in [4.78, 5) is 5.01. The Morgan fingerprint density at radius 3 is 1.17 bits per heavy atom. The maximum Gasteiger partial charge on any atom is 0.0581 e. The van der Waals surface area contributed by atoms with E-state index in [2.05, 4.69) is 183 Å². The van der Waals surface area contributed by atoms with Gasteiger partial charge in [-0.3, -0.25) is 0 Å². The van der Waals surface area contributed by atoms with Gasteiger partial charge in [-0.2, -0.15) is 0 Å². The van der Waals surface area contributed by atoms with Crippen molar-refractivity contribution in [1.29, 1.82) is 0 Å². The van der Waals surface area contributed by atoms with Crippen molar-refractivity contribution < 1.29 is 0 Å². The summed E-state index contributed by atoms with van der Waals surface area (Å²) < 4.78 is 0. The van der Waals surface area contributed by atoms with Crippen LogP contribution >= 0.6 is 0 Å². The molecule has 48 heavy (non-hydrogen) atoms. The molecule has 2 aliphatic rings. The minimum Gasteiger partial charge on any atom is -0.309 e. The maximum absolute atomic E-state index is 2.51. The second-order valence-corrected chi connectivity index (χ2v) is 14.6. The molecule has 0 saturated heterocycles. The van der Waals surface area contributed by atoms with Gasteiger partial charge in [0, 0.05) is 33.0 Å². The van der Waals surface area contributed by atoms with Crippen molar-refractivity contribution in [3.05, 3.63) is 168 Å². The quantitative estimate of drug-likeness (QED) is 0.178. The fourth-order valence-corrected chi connectivity index (χ4v) is 8.97. The Kier molecular flexibility index (Phi) is 5.44. The summed E-state index contributed by atoms with van der Waals surface area (Å²) in [5, 5.41) is 7.87. The molecule has 0 saturated carbocycles. The standard InChI is InChI=1S/C46H36N2/c1-45(2)35-19-11-13-21-39(35)47(31-15-7-5-8-16-31)43-33-25-24-30-28-38-44(34-26-23-29(27-37(43)45)41(33)42(30)34)48(32-17-9-6-10-18-32)40-22-14-12-20-36(40)46(38,3)4/h5-28H,1-4H3. The number of hydrogen-bond donors (Lipinski definition) is 0. The van der Waals surface area contributed by atoms with E-state index in [0.29, 0.717) is 0 Å². The zero-order chi connectivity index (χ0) is 32.4. The van der Waals surface area contributed by atoms with E-state index in [9.17, 15) is 0 Å². The molecule has 0 N–H and O–H groups in total. The first-order valence-corrected chi connectivity index (χ1v) is 17.0. The van der Waals surface area contributed by atoms with Crippen LogP contribution in [-0.4, -0.2) is 0 Å². The molecule has 2 nitrogen and oxygen atoms in total. The number of nitrogens with zero attached hydrogens (tertiary/aromatic N) is 2. The third-order valence-corrected chi connectivity index (χ3v) is 11.3. The highest BCUT2D eigenvalue weighted by Crippen LogP contribution is 2.59. The second-order valence-electron chi connectivity index (χ2n) is 14.6. The lowest BCUT2D eigenvalue weighted by Gasteiger charge is -2.44. The van der Waals surface area contributed by atoms with Crippen molar-refractivity contribution in [1.82, 2.24) is 0 Å². The predicted molar refractivity (Wildman–Crippen MR) is 204 cm³/mol. The zero-order valence-corrected chi connectivity index (χ0v) is 27.8. The highest BCUT2D eigenvalue weighted by atomic mass is 15.2. The molecule has 0 aromatic heterocycles. The minimum atomic E-state index is -0.168. The van der Waals surface area contributed by atoms with E-state index in [0.717, 1.165) is 0 Å². The number of para-hydroxylation sites is 4. The molecule has 8 aromatic carbocycles. The molecule has 0 spiro atoms. The molecule has 0 bridgehead atoms. The van der Waals surface area contributed by atoms with Crippen LogP contribution in [-0.2, 0) is 10.8 Å². The average Bonchev–Trinajstić information content (AvgIpc) is 3.12. The summed E-state index contributed by atoms with van der Waals surface area (Å²) in [6.45, 7) is 9.55. The van der Waals surface area contributed by atoms with Gasteiger partial charge in [-0.25, -0.2) is 0 Å². The van der Waals surface area contributed by atoms with Gasteiger partial charge in [0.25, 0.3) is 0 Å². The number of fused-ring (bicyclic) bond motifs is 6. The third-order valence-electron chi connectivity index (χ3n) is 11.3. The molecule has 0 amide bonds. The first-order valence-electron chi connectivity index (χ1n) is 17.0. The molecule has 0 radical (unpaired) electrons. The topological polar surface area (TPSA) is 6.48 Å². The van der Waals surface area contributed by atoms with Crippen LogP contribution in [0.1, 0.15) is 49.9 Å². The first-order chi connectivity index (χ1) is 23.4. The zero-order valence-electron chi connectivity index (χ0n) is 27.8. The van der Waals surface area contributed by atoms with Gasteiger partial charge in [0.1, 0.15) is 0 Å². The van der Waals surface area contributed by atoms with Crippen molar-refractivity contribution in [3.63, 3.8) is 0 Å². The first kappa shape index (κ1) is 27.5. The van der Waals surface area contributed by atoms with Crippen LogP contribution in [0.5, 0.6) is 0 Å². The van der Waals surface area contributed by atoms with E-state index < -0.39 is 0 Å². The van der Waals surface area contributed by atoms with Crippen LogP contribution in [0, 0.1) is 0 Å². The second kappa shape index (κ2) is 9.49. The summed E-state index contributed by atoms with van der Waals surface area (Å²) in [6, 6.07) is 54.2. The normalized spacial score (nSPS) is 15.8. The van der Waals surface area contributed by atoms with Crippen molar-refractivity contribution in [2.24, 2.45) is 0 Å². The van der Waals surface area contributed by atoms with E-state index in [1.807, 2.05) is 0 Å². The number of rotatable bonds is 2. The van der Waals surface area contributed by atoms with Gasteiger partial charge < -0.3 is 9.80 Å². The van der Waals surface area contributed by atoms with Gasteiger partial charge in [-0.1, -0.05) is 125 Å². The minimum absolute atomic E-state index is 0.168. The van der Waals surface area contributed by atoms with E-state index in [-0.39, 0.29) is 10.8 Å². The maximum atomic E-state index is 2.51. The van der Waals surface area contributed by atoms with Crippen molar-refractivity contribution >= 4 is 66.4 Å². The van der Waals surface area contributed by atoms with E-state index >= 15 is 0 Å². The molecule has 0 aliphatic carbocycles. The Morgan fingerprint density at radius 1 is 0.375 bits per heavy atom. The Hall–Kier alpha value is -5.60. The summed E-state index contributed by atoms with van der Waals surface area (Å²) in [6.07, 6.45) is 0. The van der Waals surface area contributed by atoms with Gasteiger partial charge in [-0.05, 0) is 92.3 Å². The Bertz CT molecular complexity index is 2380. The molecule has 0 fully saturated rings. The van der Waals surface area contributed by atoms with Crippen LogP contribution in [0.25, 0.3) is 32.3 Å². The molecule has 10 rings (SSSR count). The summed E-state index contributed by atoms with van der Waals surface area (Å²) in [5.74, 6) is 0.